The maximum absolute atomic E-state index is 5.70. The summed E-state index contributed by atoms with van der Waals surface area (Å²) in [6.45, 7) is 6.95. The first kappa shape index (κ1) is 12.8. The van der Waals surface area contributed by atoms with Gasteiger partial charge in [0.05, 0.1) is 5.69 Å². The van der Waals surface area contributed by atoms with Gasteiger partial charge < -0.3 is 10.3 Å². The molecule has 1 heterocycles. The minimum absolute atomic E-state index is 0.650. The van der Waals surface area contributed by atoms with E-state index in [0.29, 0.717) is 6.54 Å². The van der Waals surface area contributed by atoms with Crippen molar-refractivity contribution in [3.05, 3.63) is 40.8 Å². The number of aryl methyl sites for hydroxylation is 3. The zero-order chi connectivity index (χ0) is 13.3. The number of benzene rings is 1. The normalized spacial score (nSPS) is 10.9. The zero-order valence-corrected chi connectivity index (χ0v) is 11.6. The maximum atomic E-state index is 5.70. The van der Waals surface area contributed by atoms with Crippen molar-refractivity contribution in [1.29, 1.82) is 0 Å². The molecule has 0 aliphatic carbocycles. The highest BCUT2D eigenvalue weighted by Gasteiger charge is 2.13. The van der Waals surface area contributed by atoms with Gasteiger partial charge in [0, 0.05) is 24.7 Å². The molecule has 96 valence electrons. The fourth-order valence-electron chi connectivity index (χ4n) is 2.20. The van der Waals surface area contributed by atoms with E-state index < -0.39 is 0 Å². The predicted octanol–water partition coefficient (Wildman–Crippen LogP) is 2.51. The second-order valence-corrected chi connectivity index (χ2v) is 4.85. The Morgan fingerprint density at radius 1 is 1.17 bits per heavy atom. The topological polar surface area (TPSA) is 43.8 Å². The molecule has 0 atom stereocenters. The van der Waals surface area contributed by atoms with Crippen molar-refractivity contribution >= 4 is 0 Å². The number of aromatic nitrogens is 2. The Kier molecular flexibility index (Phi) is 3.53. The fourth-order valence-corrected chi connectivity index (χ4v) is 2.20. The molecular weight excluding hydrogens is 222 g/mol. The lowest BCUT2D eigenvalue weighted by Crippen LogP contribution is -2.08. The van der Waals surface area contributed by atoms with Crippen LogP contribution in [-0.2, 0) is 13.5 Å². The summed E-state index contributed by atoms with van der Waals surface area (Å²) >= 11 is 0. The first-order valence-corrected chi connectivity index (χ1v) is 6.34. The average molecular weight is 243 g/mol. The van der Waals surface area contributed by atoms with E-state index >= 15 is 0 Å². The third kappa shape index (κ3) is 2.18. The van der Waals surface area contributed by atoms with E-state index in [4.69, 9.17) is 5.73 Å². The van der Waals surface area contributed by atoms with Gasteiger partial charge in [-0.15, -0.1) is 0 Å². The van der Waals surface area contributed by atoms with Gasteiger partial charge in [-0.1, -0.05) is 12.1 Å². The third-order valence-corrected chi connectivity index (χ3v) is 3.60. The Balaban J connectivity index is 2.55. The maximum Gasteiger partial charge on any atom is 0.106 e. The first-order valence-electron chi connectivity index (χ1n) is 6.34. The van der Waals surface area contributed by atoms with Crippen molar-refractivity contribution in [2.45, 2.75) is 27.2 Å². The van der Waals surface area contributed by atoms with Gasteiger partial charge in [-0.2, -0.15) is 0 Å². The van der Waals surface area contributed by atoms with Crippen LogP contribution in [0.4, 0.5) is 0 Å². The number of hydrogen-bond donors (Lipinski definition) is 1. The predicted molar refractivity (Wildman–Crippen MR) is 75.6 cm³/mol. The van der Waals surface area contributed by atoms with Crippen LogP contribution in [-0.4, -0.2) is 16.1 Å². The van der Waals surface area contributed by atoms with Crippen molar-refractivity contribution in [3.8, 4) is 11.3 Å². The quantitative estimate of drug-likeness (QED) is 0.900. The van der Waals surface area contributed by atoms with E-state index in [0.717, 1.165) is 17.9 Å². The van der Waals surface area contributed by atoms with Crippen molar-refractivity contribution in [3.63, 3.8) is 0 Å². The molecule has 18 heavy (non-hydrogen) atoms. The number of imidazole rings is 1. The molecule has 0 aliphatic heterocycles. The van der Waals surface area contributed by atoms with E-state index in [-0.39, 0.29) is 0 Å². The van der Waals surface area contributed by atoms with Gasteiger partial charge in [0.2, 0.25) is 0 Å². The van der Waals surface area contributed by atoms with E-state index in [1.54, 1.807) is 0 Å². The molecule has 3 nitrogen and oxygen atoms in total. The highest BCUT2D eigenvalue weighted by Crippen LogP contribution is 2.25. The molecule has 0 amide bonds. The van der Waals surface area contributed by atoms with E-state index in [1.165, 1.54) is 22.4 Å². The van der Waals surface area contributed by atoms with Gasteiger partial charge in [-0.05, 0) is 44.5 Å². The molecular formula is C15H21N3. The third-order valence-electron chi connectivity index (χ3n) is 3.60. The minimum Gasteiger partial charge on any atom is -0.335 e. The summed E-state index contributed by atoms with van der Waals surface area (Å²) in [7, 11) is 2.05. The average Bonchev–Trinajstić information content (AvgIpc) is 2.61. The van der Waals surface area contributed by atoms with Crippen LogP contribution in [0.3, 0.4) is 0 Å². The number of nitrogens with two attached hydrogens (primary N) is 1. The minimum atomic E-state index is 0.650. The molecule has 1 aromatic heterocycles. The van der Waals surface area contributed by atoms with Crippen molar-refractivity contribution < 1.29 is 0 Å². The van der Waals surface area contributed by atoms with Crippen LogP contribution in [0.5, 0.6) is 0 Å². The molecule has 0 saturated carbocycles. The molecule has 0 spiro atoms. The summed E-state index contributed by atoms with van der Waals surface area (Å²) in [5, 5.41) is 0. The number of hydrogen-bond acceptors (Lipinski definition) is 2. The van der Waals surface area contributed by atoms with Crippen LogP contribution in [0.2, 0.25) is 0 Å². The zero-order valence-electron chi connectivity index (χ0n) is 11.6. The monoisotopic (exact) mass is 243 g/mol. The van der Waals surface area contributed by atoms with Crippen LogP contribution in [0, 0.1) is 20.8 Å². The van der Waals surface area contributed by atoms with Gasteiger partial charge in [0.15, 0.2) is 0 Å². The summed E-state index contributed by atoms with van der Waals surface area (Å²) in [5.41, 5.74) is 11.8. The van der Waals surface area contributed by atoms with Gasteiger partial charge in [-0.3, -0.25) is 0 Å². The fraction of sp³-hybridized carbons (Fsp3) is 0.400. The summed E-state index contributed by atoms with van der Waals surface area (Å²) in [6.07, 6.45) is 0.861. The van der Waals surface area contributed by atoms with Crippen LogP contribution >= 0.6 is 0 Å². The Morgan fingerprint density at radius 2 is 1.89 bits per heavy atom. The van der Waals surface area contributed by atoms with Crippen LogP contribution in [0.25, 0.3) is 11.3 Å². The standard InChI is InChI=1S/C15H21N3/c1-10-5-6-13(9-11(10)2)15-14(7-8-16)18(4)12(3)17-15/h5-6,9H,7-8,16H2,1-4H3. The molecule has 2 rings (SSSR count). The van der Waals surface area contributed by atoms with E-state index in [9.17, 15) is 0 Å². The van der Waals surface area contributed by atoms with E-state index in [1.807, 2.05) is 6.92 Å². The lowest BCUT2D eigenvalue weighted by molar-refractivity contribution is 0.778. The summed E-state index contributed by atoms with van der Waals surface area (Å²) in [6, 6.07) is 6.50. The Hall–Kier alpha value is -1.61. The van der Waals surface area contributed by atoms with Crippen molar-refractivity contribution in [2.75, 3.05) is 6.54 Å². The van der Waals surface area contributed by atoms with E-state index in [2.05, 4.69) is 48.6 Å². The second kappa shape index (κ2) is 4.94. The van der Waals surface area contributed by atoms with Gasteiger partial charge in [-0.25, -0.2) is 4.98 Å². The largest absolute Gasteiger partial charge is 0.335 e. The number of nitrogens with zero attached hydrogens (tertiary/aromatic N) is 2. The first-order chi connectivity index (χ1) is 8.54. The van der Waals surface area contributed by atoms with Crippen molar-refractivity contribution in [1.82, 2.24) is 9.55 Å². The lowest BCUT2D eigenvalue weighted by atomic mass is 10.0. The van der Waals surface area contributed by atoms with Gasteiger partial charge in [0.25, 0.3) is 0 Å². The SMILES string of the molecule is Cc1ccc(-c2nc(C)n(C)c2CCN)cc1C. The Labute approximate surface area is 109 Å². The van der Waals surface area contributed by atoms with Crippen molar-refractivity contribution in [2.24, 2.45) is 12.8 Å². The molecule has 3 heteroatoms. The highest BCUT2D eigenvalue weighted by atomic mass is 15.1. The molecule has 0 unspecified atom stereocenters. The summed E-state index contributed by atoms with van der Waals surface area (Å²) in [5.74, 6) is 1.03. The molecule has 2 N–H and O–H groups in total. The summed E-state index contributed by atoms with van der Waals surface area (Å²) in [4.78, 5) is 4.68. The van der Waals surface area contributed by atoms with Crippen LogP contribution < -0.4 is 5.73 Å². The molecule has 0 aliphatic rings. The molecule has 0 fully saturated rings. The Morgan fingerprint density at radius 3 is 2.50 bits per heavy atom. The summed E-state index contributed by atoms with van der Waals surface area (Å²) < 4.78 is 2.14. The second-order valence-electron chi connectivity index (χ2n) is 4.85. The van der Waals surface area contributed by atoms with Crippen LogP contribution in [0.15, 0.2) is 18.2 Å². The molecule has 2 aromatic rings. The number of rotatable bonds is 3. The highest BCUT2D eigenvalue weighted by molar-refractivity contribution is 5.64. The molecule has 0 bridgehead atoms. The van der Waals surface area contributed by atoms with Gasteiger partial charge >= 0.3 is 0 Å². The molecule has 0 radical (unpaired) electrons. The Bertz CT molecular complexity index is 567. The molecule has 1 aromatic carbocycles. The van der Waals surface area contributed by atoms with Crippen LogP contribution in [0.1, 0.15) is 22.6 Å². The molecule has 0 saturated heterocycles. The lowest BCUT2D eigenvalue weighted by Gasteiger charge is -2.07. The smallest absolute Gasteiger partial charge is 0.106 e. The van der Waals surface area contributed by atoms with Gasteiger partial charge in [0.1, 0.15) is 5.82 Å².